The fourth-order valence-electron chi connectivity index (χ4n) is 5.55. The summed E-state index contributed by atoms with van der Waals surface area (Å²) in [5.74, 6) is 1.02. The van der Waals surface area contributed by atoms with Gasteiger partial charge in [0, 0.05) is 29.0 Å². The fourth-order valence-corrected chi connectivity index (χ4v) is 5.55. The van der Waals surface area contributed by atoms with Gasteiger partial charge in [-0.25, -0.2) is 0 Å². The normalized spacial score (nSPS) is 17.3. The summed E-state index contributed by atoms with van der Waals surface area (Å²) >= 11 is 0. The number of ether oxygens (including phenoxy) is 1. The first-order valence-corrected chi connectivity index (χ1v) is 11.6. The zero-order valence-electron chi connectivity index (χ0n) is 18.5. The van der Waals surface area contributed by atoms with E-state index in [-0.39, 0.29) is 6.04 Å². The van der Waals surface area contributed by atoms with Gasteiger partial charge in [0.15, 0.2) is 0 Å². The van der Waals surface area contributed by atoms with E-state index in [0.717, 1.165) is 18.8 Å². The van der Waals surface area contributed by atoms with E-state index in [9.17, 15) is 0 Å². The highest BCUT2D eigenvalue weighted by atomic mass is 16.5. The monoisotopic (exact) mass is 428 g/mol. The minimum Gasteiger partial charge on any atom is -0.493 e. The van der Waals surface area contributed by atoms with Crippen molar-refractivity contribution < 1.29 is 4.74 Å². The van der Waals surface area contributed by atoms with Crippen LogP contribution in [0.15, 0.2) is 84.9 Å². The molecule has 0 amide bonds. The van der Waals surface area contributed by atoms with Crippen LogP contribution >= 0.6 is 0 Å². The molecule has 3 aliphatic heterocycles. The second kappa shape index (κ2) is 7.01. The van der Waals surface area contributed by atoms with Crippen LogP contribution < -0.4 is 25.4 Å². The number of benzene rings is 4. The first kappa shape index (κ1) is 18.6. The summed E-state index contributed by atoms with van der Waals surface area (Å²) in [6.45, 7) is 3.01. The lowest BCUT2D eigenvalue weighted by Gasteiger charge is -2.34. The number of nitrogens with zero attached hydrogens (tertiary/aromatic N) is 1. The zero-order chi connectivity index (χ0) is 21.9. The number of nitrogens with one attached hydrogen (secondary N) is 1. The maximum atomic E-state index is 5.98. The Morgan fingerprint density at radius 2 is 1.45 bits per heavy atom. The quantitative estimate of drug-likeness (QED) is 0.465. The predicted octanol–water partition coefficient (Wildman–Crippen LogP) is 4.95. The first-order chi connectivity index (χ1) is 16.3. The fraction of sp³-hybridized carbons (Fsp3) is 0.133. The van der Waals surface area contributed by atoms with Gasteiger partial charge in [-0.15, -0.1) is 0 Å². The van der Waals surface area contributed by atoms with E-state index in [1.165, 1.54) is 55.3 Å². The van der Waals surface area contributed by atoms with Crippen molar-refractivity contribution in [2.75, 3.05) is 11.5 Å². The lowest BCUT2D eigenvalue weighted by atomic mass is 9.92. The van der Waals surface area contributed by atoms with Crippen molar-refractivity contribution in [3.8, 4) is 28.0 Å². The summed E-state index contributed by atoms with van der Waals surface area (Å²) in [6.07, 6.45) is 3.10. The average Bonchev–Trinajstić information content (AvgIpc) is 3.29. The maximum absolute atomic E-state index is 5.98. The summed E-state index contributed by atoms with van der Waals surface area (Å²) in [4.78, 5) is 2.47. The van der Waals surface area contributed by atoms with Crippen LogP contribution in [0.2, 0.25) is 0 Å². The van der Waals surface area contributed by atoms with Gasteiger partial charge < -0.3 is 15.0 Å². The molecule has 1 atom stereocenters. The van der Waals surface area contributed by atoms with Gasteiger partial charge in [0.2, 0.25) is 0 Å². The molecule has 0 saturated heterocycles. The van der Waals surface area contributed by atoms with E-state index in [2.05, 4.69) is 108 Å². The topological polar surface area (TPSA) is 24.5 Å². The Hall–Kier alpha value is -3.98. The molecule has 1 N–H and O–H groups in total. The van der Waals surface area contributed by atoms with E-state index >= 15 is 0 Å². The Bertz CT molecular complexity index is 1480. The zero-order valence-corrected chi connectivity index (χ0v) is 18.5. The van der Waals surface area contributed by atoms with Crippen molar-refractivity contribution in [2.24, 2.45) is 0 Å². The van der Waals surface area contributed by atoms with Crippen molar-refractivity contribution in [2.45, 2.75) is 19.4 Å². The van der Waals surface area contributed by atoms with Crippen LogP contribution in [-0.2, 0) is 6.42 Å². The van der Waals surface area contributed by atoms with Crippen LogP contribution in [-0.4, -0.2) is 12.6 Å². The third-order valence-corrected chi connectivity index (χ3v) is 7.08. The number of hydrogen-bond acceptors (Lipinski definition) is 3. The first-order valence-electron chi connectivity index (χ1n) is 11.6. The molecule has 0 spiro atoms. The molecule has 3 nitrogen and oxygen atoms in total. The SMILES string of the molecule is C[C@H]1NC=c2ccccc2=C1N1c2ccccc2-c2cc3c(cc2-c2ccccc21)OCC3. The van der Waals surface area contributed by atoms with E-state index < -0.39 is 0 Å². The van der Waals surface area contributed by atoms with Crippen molar-refractivity contribution in [3.05, 3.63) is 101 Å². The molecule has 3 heterocycles. The van der Waals surface area contributed by atoms with Gasteiger partial charge in [-0.1, -0.05) is 60.7 Å². The summed E-state index contributed by atoms with van der Waals surface area (Å²) in [5.41, 5.74) is 9.97. The van der Waals surface area contributed by atoms with Crippen molar-refractivity contribution in [1.82, 2.24) is 5.32 Å². The second-order valence-electron chi connectivity index (χ2n) is 8.98. The summed E-state index contributed by atoms with van der Waals surface area (Å²) in [5, 5.41) is 6.09. The molecule has 4 aromatic rings. The number of fused-ring (bicyclic) bond motifs is 7. The minimum absolute atomic E-state index is 0.163. The van der Waals surface area contributed by atoms with Crippen LogP contribution in [0.25, 0.3) is 34.2 Å². The molecule has 0 aromatic heterocycles. The van der Waals surface area contributed by atoms with Gasteiger partial charge >= 0.3 is 0 Å². The van der Waals surface area contributed by atoms with Gasteiger partial charge in [-0.3, -0.25) is 0 Å². The molecule has 0 unspecified atom stereocenters. The van der Waals surface area contributed by atoms with Crippen molar-refractivity contribution in [1.29, 1.82) is 0 Å². The Balaban J connectivity index is 1.63. The van der Waals surface area contributed by atoms with E-state index in [0.29, 0.717) is 0 Å². The van der Waals surface area contributed by atoms with Crippen molar-refractivity contribution in [3.63, 3.8) is 0 Å². The lowest BCUT2D eigenvalue weighted by molar-refractivity contribution is 0.357. The summed E-state index contributed by atoms with van der Waals surface area (Å²) in [6, 6.07) is 31.0. The van der Waals surface area contributed by atoms with Gasteiger partial charge in [0.05, 0.1) is 29.7 Å². The van der Waals surface area contributed by atoms with Gasteiger partial charge in [-0.2, -0.15) is 0 Å². The molecule has 3 aliphatic rings. The highest BCUT2D eigenvalue weighted by molar-refractivity contribution is 6.04. The number of hydrogen-bond donors (Lipinski definition) is 1. The molecule has 33 heavy (non-hydrogen) atoms. The highest BCUT2D eigenvalue weighted by Crippen LogP contribution is 2.51. The molecule has 0 aliphatic carbocycles. The van der Waals surface area contributed by atoms with Crippen molar-refractivity contribution >= 4 is 23.3 Å². The number of anilines is 2. The van der Waals surface area contributed by atoms with E-state index in [4.69, 9.17) is 4.74 Å². The Kier molecular flexibility index (Phi) is 3.95. The molecule has 160 valence electrons. The smallest absolute Gasteiger partial charge is 0.123 e. The highest BCUT2D eigenvalue weighted by Gasteiger charge is 2.31. The molecular weight excluding hydrogens is 404 g/mol. The standard InChI is InChI=1S/C30H24N2O/c1-19-30(22-9-3-2-8-21(22)18-31-19)32-27-12-6-4-10-23(27)25-16-20-14-15-33-29(20)17-26(25)24-11-5-7-13-28(24)32/h2-13,16-19,31H,14-15H2,1H3/t19-/m1/s1. The Labute approximate surface area is 193 Å². The Morgan fingerprint density at radius 3 is 2.24 bits per heavy atom. The van der Waals surface area contributed by atoms with Crippen LogP contribution in [0.1, 0.15) is 12.5 Å². The molecule has 0 fully saturated rings. The number of rotatable bonds is 1. The van der Waals surface area contributed by atoms with Gasteiger partial charge in [0.25, 0.3) is 0 Å². The van der Waals surface area contributed by atoms with E-state index in [1.807, 2.05) is 0 Å². The molecule has 4 aromatic carbocycles. The third-order valence-electron chi connectivity index (χ3n) is 7.08. The largest absolute Gasteiger partial charge is 0.493 e. The Morgan fingerprint density at radius 1 is 0.788 bits per heavy atom. The van der Waals surface area contributed by atoms with Crippen LogP contribution in [0.5, 0.6) is 5.75 Å². The molecule has 0 bridgehead atoms. The molecule has 0 saturated carbocycles. The molecule has 7 rings (SSSR count). The predicted molar refractivity (Wildman–Crippen MR) is 135 cm³/mol. The minimum atomic E-state index is 0.163. The second-order valence-corrected chi connectivity index (χ2v) is 8.98. The van der Waals surface area contributed by atoms with Crippen LogP contribution in [0, 0.1) is 0 Å². The van der Waals surface area contributed by atoms with Crippen LogP contribution in [0.4, 0.5) is 11.4 Å². The van der Waals surface area contributed by atoms with E-state index in [1.54, 1.807) is 0 Å². The molecular formula is C30H24N2O. The van der Waals surface area contributed by atoms with Gasteiger partial charge in [-0.05, 0) is 53.1 Å². The lowest BCUT2D eigenvalue weighted by Crippen LogP contribution is -2.46. The maximum Gasteiger partial charge on any atom is 0.123 e. The van der Waals surface area contributed by atoms with Crippen LogP contribution in [0.3, 0.4) is 0 Å². The molecule has 3 heteroatoms. The summed E-state index contributed by atoms with van der Waals surface area (Å²) in [7, 11) is 0. The number of para-hydroxylation sites is 2. The third kappa shape index (κ3) is 2.69. The summed E-state index contributed by atoms with van der Waals surface area (Å²) < 4.78 is 5.98. The molecule has 0 radical (unpaired) electrons. The average molecular weight is 429 g/mol. The van der Waals surface area contributed by atoms with Gasteiger partial charge in [0.1, 0.15) is 5.75 Å².